The van der Waals surface area contributed by atoms with Gasteiger partial charge in [0.1, 0.15) is 27.2 Å². The zero-order valence-corrected chi connectivity index (χ0v) is 16.4. The zero-order valence-electron chi connectivity index (χ0n) is 14.8. The van der Waals surface area contributed by atoms with Crippen molar-refractivity contribution in [1.82, 2.24) is 19.9 Å². The monoisotopic (exact) mass is 387 g/mol. The second-order valence-electron chi connectivity index (χ2n) is 6.53. The molecule has 0 aliphatic rings. The molecule has 3 aromatic rings. The predicted octanol–water partition coefficient (Wildman–Crippen LogP) is 4.52. The van der Waals surface area contributed by atoms with Gasteiger partial charge in [0.2, 0.25) is 0 Å². The third-order valence-electron chi connectivity index (χ3n) is 3.31. The van der Waals surface area contributed by atoms with Crippen molar-refractivity contribution in [1.29, 1.82) is 0 Å². The Kier molecular flexibility index (Phi) is 4.98. The molecular formula is C17H17N5O2S2. The topological polar surface area (TPSA) is 85.1 Å². The number of nitrogens with zero attached hydrogens (tertiary/aromatic N) is 4. The number of thioether (sulfide) groups is 1. The summed E-state index contributed by atoms with van der Waals surface area (Å²) in [5, 5.41) is 1.54. The highest BCUT2D eigenvalue weighted by Crippen LogP contribution is 2.29. The van der Waals surface area contributed by atoms with E-state index in [1.54, 1.807) is 12.4 Å². The second-order valence-corrected chi connectivity index (χ2v) is 8.61. The molecule has 9 heteroatoms. The van der Waals surface area contributed by atoms with E-state index in [2.05, 4.69) is 24.8 Å². The Balaban J connectivity index is 1.70. The van der Waals surface area contributed by atoms with Crippen LogP contribution in [0.2, 0.25) is 0 Å². The van der Waals surface area contributed by atoms with Crippen LogP contribution in [0.3, 0.4) is 0 Å². The number of carbonyl (C=O) groups excluding carboxylic acids is 1. The lowest BCUT2D eigenvalue weighted by Gasteiger charge is -2.18. The minimum absolute atomic E-state index is 0.358. The number of esters is 1. The van der Waals surface area contributed by atoms with E-state index in [0.717, 1.165) is 26.8 Å². The lowest BCUT2D eigenvalue weighted by Crippen LogP contribution is -2.23. The molecule has 1 N–H and O–H groups in total. The van der Waals surface area contributed by atoms with Crippen molar-refractivity contribution in [3.8, 4) is 0 Å². The maximum Gasteiger partial charge on any atom is 0.350 e. The molecule has 0 spiro atoms. The first-order valence-corrected chi connectivity index (χ1v) is 9.60. The molecule has 0 unspecified atom stereocenters. The SMILES string of the molecule is [C-]#[N+]c1ncc2[nH]c(SCc3ncc(C(=O)OC(C)(C)C)s3)nc2c1C. The van der Waals surface area contributed by atoms with E-state index >= 15 is 0 Å². The van der Waals surface area contributed by atoms with Crippen LogP contribution in [0.5, 0.6) is 0 Å². The lowest BCUT2D eigenvalue weighted by atomic mass is 10.2. The number of thiazole rings is 1. The molecule has 3 aromatic heterocycles. The predicted molar refractivity (Wildman–Crippen MR) is 102 cm³/mol. The maximum absolute atomic E-state index is 12.1. The molecule has 0 aliphatic carbocycles. The largest absolute Gasteiger partial charge is 0.456 e. The van der Waals surface area contributed by atoms with Crippen molar-refractivity contribution in [3.05, 3.63) is 39.3 Å². The van der Waals surface area contributed by atoms with Gasteiger partial charge in [-0.05, 0) is 27.7 Å². The molecule has 0 radical (unpaired) electrons. The van der Waals surface area contributed by atoms with Gasteiger partial charge in [-0.15, -0.1) is 16.3 Å². The van der Waals surface area contributed by atoms with E-state index in [1.807, 2.05) is 27.7 Å². The number of pyridine rings is 1. The van der Waals surface area contributed by atoms with Crippen LogP contribution in [0.25, 0.3) is 15.9 Å². The number of rotatable bonds is 4. The molecule has 0 amide bonds. The fourth-order valence-corrected chi connectivity index (χ4v) is 3.86. The number of aromatic amines is 1. The molecule has 0 bridgehead atoms. The molecule has 3 heterocycles. The summed E-state index contributed by atoms with van der Waals surface area (Å²) in [7, 11) is 0. The van der Waals surface area contributed by atoms with Gasteiger partial charge in [0, 0.05) is 5.56 Å². The molecule has 0 atom stereocenters. The fraction of sp³-hybridized carbons (Fsp3) is 0.353. The normalized spacial score (nSPS) is 11.5. The molecule has 7 nitrogen and oxygen atoms in total. The van der Waals surface area contributed by atoms with Gasteiger partial charge in [-0.25, -0.2) is 14.8 Å². The first-order chi connectivity index (χ1) is 12.3. The second kappa shape index (κ2) is 7.05. The average molecular weight is 387 g/mol. The molecular weight excluding hydrogens is 370 g/mol. The third-order valence-corrected chi connectivity index (χ3v) is 5.35. The summed E-state index contributed by atoms with van der Waals surface area (Å²) >= 11 is 2.80. The van der Waals surface area contributed by atoms with E-state index < -0.39 is 5.60 Å². The van der Waals surface area contributed by atoms with Gasteiger partial charge in [-0.3, -0.25) is 0 Å². The number of ether oxygens (including phenoxy) is 1. The van der Waals surface area contributed by atoms with Gasteiger partial charge in [-0.2, -0.15) is 0 Å². The van der Waals surface area contributed by atoms with Crippen molar-refractivity contribution < 1.29 is 9.53 Å². The van der Waals surface area contributed by atoms with Crippen LogP contribution in [-0.2, 0) is 10.5 Å². The minimum atomic E-state index is -0.527. The van der Waals surface area contributed by atoms with Crippen molar-refractivity contribution in [2.75, 3.05) is 0 Å². The number of aromatic nitrogens is 4. The standard InChI is InChI=1S/C17H17N5O2S2/c1-9-13-10(6-20-14(9)18-5)21-16(22-13)25-8-12-19-7-11(26-12)15(23)24-17(2,3)4/h6-7H,8H2,1-4H3,(H,21,22). The van der Waals surface area contributed by atoms with Gasteiger partial charge in [0.25, 0.3) is 5.82 Å². The average Bonchev–Trinajstić information content (AvgIpc) is 3.19. The zero-order chi connectivity index (χ0) is 18.9. The van der Waals surface area contributed by atoms with Crippen molar-refractivity contribution >= 4 is 45.9 Å². The highest BCUT2D eigenvalue weighted by Gasteiger charge is 2.20. The van der Waals surface area contributed by atoms with Crippen molar-refractivity contribution in [3.63, 3.8) is 0 Å². The van der Waals surface area contributed by atoms with Crippen LogP contribution < -0.4 is 0 Å². The van der Waals surface area contributed by atoms with E-state index in [4.69, 9.17) is 11.3 Å². The van der Waals surface area contributed by atoms with Gasteiger partial charge in [0.05, 0.1) is 17.5 Å². The first kappa shape index (κ1) is 18.4. The molecule has 26 heavy (non-hydrogen) atoms. The number of H-pyrrole nitrogens is 1. The van der Waals surface area contributed by atoms with E-state index in [1.165, 1.54) is 23.1 Å². The van der Waals surface area contributed by atoms with Crippen molar-refractivity contribution in [2.24, 2.45) is 0 Å². The Hall–Kier alpha value is -2.44. The Morgan fingerprint density at radius 1 is 1.38 bits per heavy atom. The van der Waals surface area contributed by atoms with Gasteiger partial charge in [0.15, 0.2) is 5.16 Å². The van der Waals surface area contributed by atoms with Crippen molar-refractivity contribution in [2.45, 2.75) is 44.2 Å². The Bertz CT molecular complexity index is 1010. The summed E-state index contributed by atoms with van der Waals surface area (Å²) in [5.74, 6) is 0.584. The summed E-state index contributed by atoms with van der Waals surface area (Å²) in [6.07, 6.45) is 3.17. The molecule has 3 rings (SSSR count). The maximum atomic E-state index is 12.1. The number of imidazole rings is 1. The number of hydrogen-bond donors (Lipinski definition) is 1. The van der Waals surface area contributed by atoms with E-state index in [-0.39, 0.29) is 5.97 Å². The molecule has 0 saturated heterocycles. The summed E-state index contributed by atoms with van der Waals surface area (Å²) in [6.45, 7) is 14.5. The Morgan fingerprint density at radius 2 is 2.15 bits per heavy atom. The Labute approximate surface area is 159 Å². The van der Waals surface area contributed by atoms with Crippen LogP contribution in [0, 0.1) is 13.5 Å². The fourth-order valence-electron chi connectivity index (χ4n) is 2.18. The summed E-state index contributed by atoms with van der Waals surface area (Å²) in [6, 6.07) is 0. The Morgan fingerprint density at radius 3 is 2.85 bits per heavy atom. The van der Waals surface area contributed by atoms with E-state index in [9.17, 15) is 4.79 Å². The number of aryl methyl sites for hydroxylation is 1. The number of carbonyl (C=O) groups is 1. The number of nitrogens with one attached hydrogen (secondary N) is 1. The van der Waals surface area contributed by atoms with Crippen LogP contribution in [0.4, 0.5) is 5.82 Å². The molecule has 0 aliphatic heterocycles. The highest BCUT2D eigenvalue weighted by atomic mass is 32.2. The number of hydrogen-bond acceptors (Lipinski definition) is 7. The van der Waals surface area contributed by atoms with Crippen LogP contribution in [0.1, 0.15) is 41.0 Å². The summed E-state index contributed by atoms with van der Waals surface area (Å²) < 4.78 is 5.35. The summed E-state index contributed by atoms with van der Waals surface area (Å²) in [5.41, 5.74) is 1.79. The first-order valence-electron chi connectivity index (χ1n) is 7.80. The van der Waals surface area contributed by atoms with Gasteiger partial charge in [-0.1, -0.05) is 18.3 Å². The smallest absolute Gasteiger partial charge is 0.350 e. The van der Waals surface area contributed by atoms with Crippen LogP contribution in [0.15, 0.2) is 17.6 Å². The van der Waals surface area contributed by atoms with Crippen LogP contribution in [-0.4, -0.2) is 31.5 Å². The molecule has 0 saturated carbocycles. The van der Waals surface area contributed by atoms with E-state index in [0.29, 0.717) is 16.4 Å². The van der Waals surface area contributed by atoms with Crippen LogP contribution >= 0.6 is 23.1 Å². The summed E-state index contributed by atoms with van der Waals surface area (Å²) in [4.78, 5) is 32.1. The minimum Gasteiger partial charge on any atom is -0.456 e. The lowest BCUT2D eigenvalue weighted by molar-refractivity contribution is 0.00749. The molecule has 0 fully saturated rings. The molecule has 0 aromatic carbocycles. The molecule has 134 valence electrons. The number of fused-ring (bicyclic) bond motifs is 1. The van der Waals surface area contributed by atoms with Gasteiger partial charge < -0.3 is 14.6 Å². The highest BCUT2D eigenvalue weighted by molar-refractivity contribution is 7.98. The quantitative estimate of drug-likeness (QED) is 0.402. The van der Waals surface area contributed by atoms with Gasteiger partial charge >= 0.3 is 5.97 Å². The third kappa shape index (κ3) is 4.03.